The first-order valence-corrected chi connectivity index (χ1v) is 9.46. The molecule has 0 bridgehead atoms. The van der Waals surface area contributed by atoms with Gasteiger partial charge < -0.3 is 9.64 Å². The van der Waals surface area contributed by atoms with E-state index in [-0.39, 0.29) is 32.5 Å². The highest BCUT2D eigenvalue weighted by Crippen LogP contribution is 2.34. The van der Waals surface area contributed by atoms with E-state index in [1.807, 2.05) is 0 Å². The van der Waals surface area contributed by atoms with Gasteiger partial charge in [-0.25, -0.2) is 4.79 Å². The summed E-state index contributed by atoms with van der Waals surface area (Å²) in [5.74, 6) is -0.805. The molecule has 0 unspecified atom stereocenters. The SMILES string of the molecule is [2H]C([2H])(C)C(=O)N(c1ccccc1)C1(OC)CCN(C([2H])([2H])C([2H])([2H])n2nnn(CC)c2=O)CC1. The van der Waals surface area contributed by atoms with Crippen LogP contribution in [0, 0.1) is 0 Å². The Kier molecular flexibility index (Phi) is 4.65. The van der Waals surface area contributed by atoms with Crippen molar-refractivity contribution in [2.75, 3.05) is 31.6 Å². The third-order valence-electron chi connectivity index (χ3n) is 5.02. The molecule has 1 aliphatic heterocycles. The Bertz CT molecular complexity index is 1090. The quantitative estimate of drug-likeness (QED) is 0.613. The molecule has 0 atom stereocenters. The summed E-state index contributed by atoms with van der Waals surface area (Å²) in [7, 11) is 1.40. The Balaban J connectivity index is 1.93. The summed E-state index contributed by atoms with van der Waals surface area (Å²) in [5.41, 5.74) is -1.72. The van der Waals surface area contributed by atoms with Crippen LogP contribution in [0.2, 0.25) is 0 Å². The van der Waals surface area contributed by atoms with Crippen LogP contribution in [-0.4, -0.2) is 63.0 Å². The van der Waals surface area contributed by atoms with Gasteiger partial charge in [-0.3, -0.25) is 9.69 Å². The second-order valence-electron chi connectivity index (χ2n) is 6.58. The molecule has 0 spiro atoms. The Hall–Kier alpha value is -2.52. The molecule has 1 aromatic heterocycles. The van der Waals surface area contributed by atoms with E-state index >= 15 is 0 Å². The summed E-state index contributed by atoms with van der Waals surface area (Å²) in [6.07, 6.45) is -2.07. The van der Waals surface area contributed by atoms with Gasteiger partial charge in [-0.1, -0.05) is 25.1 Å². The lowest BCUT2D eigenvalue weighted by Gasteiger charge is -2.47. The van der Waals surface area contributed by atoms with Crippen molar-refractivity contribution >= 4 is 11.6 Å². The molecule has 3 rings (SSSR count). The van der Waals surface area contributed by atoms with E-state index < -0.39 is 36.7 Å². The number of nitrogens with zero attached hydrogens (tertiary/aromatic N) is 6. The molecule has 0 radical (unpaired) electrons. The number of methoxy groups -OCH3 is 1. The molecule has 0 aliphatic carbocycles. The summed E-state index contributed by atoms with van der Waals surface area (Å²) in [5, 5.41) is 7.13. The molecular formula is C20H30N6O3. The average molecular weight is 409 g/mol. The van der Waals surface area contributed by atoms with E-state index in [1.165, 1.54) is 16.9 Å². The number of hydrogen-bond donors (Lipinski definition) is 0. The maximum atomic E-state index is 13.2. The van der Waals surface area contributed by atoms with Gasteiger partial charge in [-0.2, -0.15) is 9.36 Å². The lowest BCUT2D eigenvalue weighted by atomic mass is 9.96. The summed E-state index contributed by atoms with van der Waals surface area (Å²) in [6.45, 7) is -2.63. The van der Waals surface area contributed by atoms with Crippen LogP contribution in [0.3, 0.4) is 0 Å². The van der Waals surface area contributed by atoms with Crippen LogP contribution in [0.25, 0.3) is 0 Å². The zero-order valence-corrected chi connectivity index (χ0v) is 16.8. The van der Waals surface area contributed by atoms with Crippen molar-refractivity contribution in [3.05, 3.63) is 40.8 Å². The Labute approximate surface area is 179 Å². The van der Waals surface area contributed by atoms with Crippen LogP contribution in [0.1, 0.15) is 41.3 Å². The molecule has 2 aromatic rings. The largest absolute Gasteiger partial charge is 0.363 e. The van der Waals surface area contributed by atoms with Gasteiger partial charge in [0.25, 0.3) is 0 Å². The number of benzene rings is 1. The fraction of sp³-hybridized carbons (Fsp3) is 0.600. The third kappa shape index (κ3) is 4.40. The first-order valence-electron chi connectivity index (χ1n) is 12.5. The lowest BCUT2D eigenvalue weighted by molar-refractivity contribution is -0.128. The second-order valence-corrected chi connectivity index (χ2v) is 6.58. The number of aromatic nitrogens is 4. The zero-order chi connectivity index (χ0) is 26.2. The number of carbonyl (C=O) groups is 1. The van der Waals surface area contributed by atoms with Gasteiger partial charge in [0, 0.05) is 63.6 Å². The molecule has 1 aliphatic rings. The maximum Gasteiger partial charge on any atom is 0.363 e. The van der Waals surface area contributed by atoms with Gasteiger partial charge in [0.2, 0.25) is 5.91 Å². The molecule has 158 valence electrons. The minimum atomic E-state index is -2.85. The van der Waals surface area contributed by atoms with E-state index in [0.717, 1.165) is 11.6 Å². The number of rotatable bonds is 8. The maximum absolute atomic E-state index is 13.2. The normalized spacial score (nSPS) is 21.2. The number of likely N-dealkylation sites (tertiary alicyclic amines) is 1. The van der Waals surface area contributed by atoms with Crippen LogP contribution in [0.15, 0.2) is 35.1 Å². The predicted molar refractivity (Wildman–Crippen MR) is 110 cm³/mol. The number of para-hydroxylation sites is 1. The van der Waals surface area contributed by atoms with E-state index in [9.17, 15) is 9.59 Å². The summed E-state index contributed by atoms with van der Waals surface area (Å²) >= 11 is 0. The number of ether oxygens (including phenoxy) is 1. The summed E-state index contributed by atoms with van der Waals surface area (Å²) in [4.78, 5) is 28.1. The summed E-state index contributed by atoms with van der Waals surface area (Å²) in [6, 6.07) is 8.53. The predicted octanol–water partition coefficient (Wildman–Crippen LogP) is 1.34. The van der Waals surface area contributed by atoms with Crippen molar-refractivity contribution < 1.29 is 17.8 Å². The Morgan fingerprint density at radius 2 is 1.83 bits per heavy atom. The molecular weight excluding hydrogens is 372 g/mol. The van der Waals surface area contributed by atoms with Gasteiger partial charge in [-0.05, 0) is 29.5 Å². The number of amides is 1. The van der Waals surface area contributed by atoms with Crippen molar-refractivity contribution in [1.29, 1.82) is 0 Å². The molecule has 1 aromatic carbocycles. The third-order valence-corrected chi connectivity index (χ3v) is 5.02. The first-order chi connectivity index (χ1) is 16.2. The van der Waals surface area contributed by atoms with Crippen molar-refractivity contribution in [2.45, 2.75) is 51.8 Å². The van der Waals surface area contributed by atoms with Crippen molar-refractivity contribution in [2.24, 2.45) is 0 Å². The van der Waals surface area contributed by atoms with Gasteiger partial charge in [-0.15, -0.1) is 0 Å². The van der Waals surface area contributed by atoms with Crippen LogP contribution >= 0.6 is 0 Å². The van der Waals surface area contributed by atoms with E-state index in [0.29, 0.717) is 10.4 Å². The van der Waals surface area contributed by atoms with Crippen LogP contribution in [0.4, 0.5) is 5.69 Å². The number of anilines is 1. The molecule has 1 amide bonds. The van der Waals surface area contributed by atoms with E-state index in [1.54, 1.807) is 37.3 Å². The Morgan fingerprint density at radius 3 is 2.38 bits per heavy atom. The first kappa shape index (κ1) is 14.5. The van der Waals surface area contributed by atoms with Crippen molar-refractivity contribution in [3.63, 3.8) is 0 Å². The Morgan fingerprint density at radius 1 is 1.17 bits per heavy atom. The smallest absolute Gasteiger partial charge is 0.358 e. The summed E-state index contributed by atoms with van der Waals surface area (Å²) < 4.78 is 57.1. The van der Waals surface area contributed by atoms with Gasteiger partial charge in [0.15, 0.2) is 0 Å². The van der Waals surface area contributed by atoms with E-state index in [2.05, 4.69) is 10.4 Å². The molecule has 2 heterocycles. The highest BCUT2D eigenvalue weighted by atomic mass is 16.5. The van der Waals surface area contributed by atoms with E-state index in [4.69, 9.17) is 13.0 Å². The number of piperidine rings is 1. The molecule has 0 N–H and O–H groups in total. The monoisotopic (exact) mass is 408 g/mol. The van der Waals surface area contributed by atoms with Crippen molar-refractivity contribution in [1.82, 2.24) is 24.7 Å². The second kappa shape index (κ2) is 9.32. The minimum absolute atomic E-state index is 0.0413. The van der Waals surface area contributed by atoms with Crippen LogP contribution < -0.4 is 10.6 Å². The fourth-order valence-corrected chi connectivity index (χ4v) is 3.37. The topological polar surface area (TPSA) is 85.5 Å². The number of aryl methyl sites for hydroxylation is 2. The van der Waals surface area contributed by atoms with Gasteiger partial charge in [0.05, 0.1) is 9.24 Å². The van der Waals surface area contributed by atoms with Crippen LogP contribution in [-0.2, 0) is 22.6 Å². The van der Waals surface area contributed by atoms with Crippen molar-refractivity contribution in [3.8, 4) is 0 Å². The van der Waals surface area contributed by atoms with Gasteiger partial charge >= 0.3 is 5.69 Å². The molecule has 1 saturated heterocycles. The lowest BCUT2D eigenvalue weighted by Crippen LogP contribution is -2.59. The molecule has 1 fully saturated rings. The highest BCUT2D eigenvalue weighted by molar-refractivity contribution is 5.94. The number of carbonyl (C=O) groups excluding carboxylic acids is 1. The molecule has 9 nitrogen and oxygen atoms in total. The zero-order valence-electron chi connectivity index (χ0n) is 22.8. The minimum Gasteiger partial charge on any atom is -0.358 e. The average Bonchev–Trinajstić information content (AvgIpc) is 3.20. The molecule has 0 saturated carbocycles. The highest BCUT2D eigenvalue weighted by Gasteiger charge is 2.43. The number of tetrazole rings is 1. The standard InChI is InChI=1S/C20H30N6O3/c1-4-18(27)26(17-9-7-6-8-10-17)20(29-3)11-13-23(14-12-20)15-16-25-19(28)24(5-2)21-22-25/h6-10H,4-5,11-16H2,1-3H3/i4D2,15D2,16D2. The fourth-order valence-electron chi connectivity index (χ4n) is 3.37. The number of hydrogen-bond acceptors (Lipinski definition) is 6. The van der Waals surface area contributed by atoms with Gasteiger partial charge in [0.1, 0.15) is 5.72 Å². The molecule has 29 heavy (non-hydrogen) atoms. The molecule has 9 heteroatoms. The van der Waals surface area contributed by atoms with Crippen LogP contribution in [0.5, 0.6) is 0 Å².